The minimum absolute atomic E-state index is 0.0167. The topological polar surface area (TPSA) is 58.1 Å². The van der Waals surface area contributed by atoms with E-state index in [2.05, 4.69) is 22.2 Å². The van der Waals surface area contributed by atoms with Gasteiger partial charge in [-0.05, 0) is 42.7 Å². The maximum atomic E-state index is 12.6. The lowest BCUT2D eigenvalue weighted by molar-refractivity contribution is 0.0796. The third-order valence-corrected chi connectivity index (χ3v) is 3.93. The molecule has 0 bridgehead atoms. The number of amides is 1. The van der Waals surface area contributed by atoms with Gasteiger partial charge in [-0.25, -0.2) is 4.98 Å². The standard InChI is InChI=1S/C19H26N4O/c1-3-4-5-10-21-18-15-17(8-13-22-18)19(24)23(2)14-9-16-6-11-20-12-7-16/h6-8,11-13,15H,3-5,9-10,14H2,1-2H3,(H,21,22). The molecule has 0 fully saturated rings. The van der Waals surface area contributed by atoms with Gasteiger partial charge in [0, 0.05) is 44.3 Å². The molecule has 0 radical (unpaired) electrons. The first-order valence-corrected chi connectivity index (χ1v) is 8.55. The molecule has 24 heavy (non-hydrogen) atoms. The third kappa shape index (κ3) is 5.65. The Morgan fingerprint density at radius 3 is 2.71 bits per heavy atom. The second kappa shape index (κ2) is 9.65. The molecule has 1 N–H and O–H groups in total. The predicted octanol–water partition coefficient (Wildman–Crippen LogP) is 3.39. The number of rotatable bonds is 9. The molecule has 2 aromatic heterocycles. The van der Waals surface area contributed by atoms with Gasteiger partial charge in [-0.2, -0.15) is 0 Å². The van der Waals surface area contributed by atoms with Crippen LogP contribution in [0.5, 0.6) is 0 Å². The Kier molecular flexibility index (Phi) is 7.21. The normalized spacial score (nSPS) is 10.4. The molecule has 5 heteroatoms. The number of nitrogens with zero attached hydrogens (tertiary/aromatic N) is 3. The minimum atomic E-state index is 0.0167. The van der Waals surface area contributed by atoms with Crippen molar-refractivity contribution in [2.24, 2.45) is 0 Å². The molecule has 2 aromatic rings. The van der Waals surface area contributed by atoms with E-state index < -0.39 is 0 Å². The smallest absolute Gasteiger partial charge is 0.253 e. The largest absolute Gasteiger partial charge is 0.370 e. The first-order valence-electron chi connectivity index (χ1n) is 8.55. The molecule has 5 nitrogen and oxygen atoms in total. The summed E-state index contributed by atoms with van der Waals surface area (Å²) in [5.74, 6) is 0.780. The summed E-state index contributed by atoms with van der Waals surface area (Å²) >= 11 is 0. The maximum absolute atomic E-state index is 12.6. The van der Waals surface area contributed by atoms with Crippen LogP contribution in [-0.2, 0) is 6.42 Å². The minimum Gasteiger partial charge on any atom is -0.370 e. The van der Waals surface area contributed by atoms with Crippen LogP contribution in [0.15, 0.2) is 42.9 Å². The average Bonchev–Trinajstić information content (AvgIpc) is 2.64. The zero-order chi connectivity index (χ0) is 17.2. The van der Waals surface area contributed by atoms with Crippen molar-refractivity contribution in [2.75, 3.05) is 25.5 Å². The molecule has 0 saturated carbocycles. The molecular weight excluding hydrogens is 300 g/mol. The van der Waals surface area contributed by atoms with Gasteiger partial charge in [0.25, 0.3) is 5.91 Å². The van der Waals surface area contributed by atoms with Crippen LogP contribution < -0.4 is 5.32 Å². The van der Waals surface area contributed by atoms with E-state index >= 15 is 0 Å². The van der Waals surface area contributed by atoms with E-state index in [0.29, 0.717) is 12.1 Å². The zero-order valence-electron chi connectivity index (χ0n) is 14.5. The van der Waals surface area contributed by atoms with Gasteiger partial charge in [-0.1, -0.05) is 19.8 Å². The maximum Gasteiger partial charge on any atom is 0.253 e. The van der Waals surface area contributed by atoms with Gasteiger partial charge in [0.05, 0.1) is 0 Å². The molecular formula is C19H26N4O. The van der Waals surface area contributed by atoms with Crippen LogP contribution in [0, 0.1) is 0 Å². The van der Waals surface area contributed by atoms with Crippen LogP contribution in [0.4, 0.5) is 5.82 Å². The fraction of sp³-hybridized carbons (Fsp3) is 0.421. The SMILES string of the molecule is CCCCCNc1cc(C(=O)N(C)CCc2ccncc2)ccn1. The monoisotopic (exact) mass is 326 g/mol. The Morgan fingerprint density at radius 2 is 1.96 bits per heavy atom. The Bertz CT molecular complexity index is 630. The summed E-state index contributed by atoms with van der Waals surface area (Å²) in [7, 11) is 1.83. The van der Waals surface area contributed by atoms with Crippen LogP contribution in [0.25, 0.3) is 0 Å². The molecule has 0 saturated heterocycles. The molecule has 1 amide bonds. The van der Waals surface area contributed by atoms with Gasteiger partial charge in [-0.3, -0.25) is 9.78 Å². The van der Waals surface area contributed by atoms with Gasteiger partial charge >= 0.3 is 0 Å². The number of pyridine rings is 2. The van der Waals surface area contributed by atoms with Crippen LogP contribution in [0.3, 0.4) is 0 Å². The number of aromatic nitrogens is 2. The number of hydrogen-bond acceptors (Lipinski definition) is 4. The number of unbranched alkanes of at least 4 members (excludes halogenated alkanes) is 2. The van der Waals surface area contributed by atoms with E-state index in [-0.39, 0.29) is 5.91 Å². The Balaban J connectivity index is 1.88. The van der Waals surface area contributed by atoms with Gasteiger partial charge in [0.1, 0.15) is 5.82 Å². The number of anilines is 1. The summed E-state index contributed by atoms with van der Waals surface area (Å²) < 4.78 is 0. The number of nitrogens with one attached hydrogen (secondary N) is 1. The quantitative estimate of drug-likeness (QED) is 0.718. The first-order chi connectivity index (χ1) is 11.7. The Hall–Kier alpha value is -2.43. The first kappa shape index (κ1) is 17.9. The van der Waals surface area contributed by atoms with E-state index in [9.17, 15) is 4.79 Å². The van der Waals surface area contributed by atoms with Crippen molar-refractivity contribution in [3.05, 3.63) is 54.0 Å². The number of likely N-dealkylation sites (N-methyl/N-ethyl adjacent to an activating group) is 1. The summed E-state index contributed by atoms with van der Waals surface area (Å²) in [6, 6.07) is 7.55. The highest BCUT2D eigenvalue weighted by Crippen LogP contribution is 2.10. The van der Waals surface area contributed by atoms with Gasteiger partial charge in [0.15, 0.2) is 0 Å². The van der Waals surface area contributed by atoms with Gasteiger partial charge in [0.2, 0.25) is 0 Å². The highest BCUT2D eigenvalue weighted by Gasteiger charge is 2.12. The molecule has 0 aliphatic carbocycles. The van der Waals surface area contributed by atoms with Gasteiger partial charge in [-0.15, -0.1) is 0 Å². The summed E-state index contributed by atoms with van der Waals surface area (Å²) in [4.78, 5) is 22.6. The molecule has 0 unspecified atom stereocenters. The van der Waals surface area contributed by atoms with Crippen molar-refractivity contribution in [3.8, 4) is 0 Å². The third-order valence-electron chi connectivity index (χ3n) is 3.93. The molecule has 2 heterocycles. The van der Waals surface area contributed by atoms with Crippen LogP contribution in [0.1, 0.15) is 42.1 Å². The Labute approximate surface area is 144 Å². The fourth-order valence-electron chi connectivity index (χ4n) is 2.42. The summed E-state index contributed by atoms with van der Waals surface area (Å²) in [6.45, 7) is 3.74. The summed E-state index contributed by atoms with van der Waals surface area (Å²) in [5.41, 5.74) is 1.85. The molecule has 128 valence electrons. The molecule has 0 spiro atoms. The van der Waals surface area contributed by atoms with Crippen molar-refractivity contribution >= 4 is 11.7 Å². The predicted molar refractivity (Wildman–Crippen MR) is 97.2 cm³/mol. The van der Waals surface area contributed by atoms with E-state index in [0.717, 1.165) is 25.2 Å². The van der Waals surface area contributed by atoms with Crippen molar-refractivity contribution in [1.29, 1.82) is 0 Å². The van der Waals surface area contributed by atoms with Crippen LogP contribution >= 0.6 is 0 Å². The lowest BCUT2D eigenvalue weighted by atomic mass is 10.2. The van der Waals surface area contributed by atoms with Crippen molar-refractivity contribution in [3.63, 3.8) is 0 Å². The number of hydrogen-bond donors (Lipinski definition) is 1. The second-order valence-electron chi connectivity index (χ2n) is 5.90. The molecule has 0 aliphatic rings. The zero-order valence-corrected chi connectivity index (χ0v) is 14.5. The van der Waals surface area contributed by atoms with E-state index in [1.807, 2.05) is 25.2 Å². The fourth-order valence-corrected chi connectivity index (χ4v) is 2.42. The van der Waals surface area contributed by atoms with Gasteiger partial charge < -0.3 is 10.2 Å². The average molecular weight is 326 g/mol. The second-order valence-corrected chi connectivity index (χ2v) is 5.90. The van der Waals surface area contributed by atoms with Crippen molar-refractivity contribution in [2.45, 2.75) is 32.6 Å². The Morgan fingerprint density at radius 1 is 1.17 bits per heavy atom. The van der Waals surface area contributed by atoms with Crippen LogP contribution in [0.2, 0.25) is 0 Å². The van der Waals surface area contributed by atoms with E-state index in [1.54, 1.807) is 29.6 Å². The van der Waals surface area contributed by atoms with E-state index in [1.165, 1.54) is 18.4 Å². The number of carbonyl (C=O) groups excluding carboxylic acids is 1. The molecule has 0 aromatic carbocycles. The molecule has 0 aliphatic heterocycles. The highest BCUT2D eigenvalue weighted by molar-refractivity contribution is 5.94. The lowest BCUT2D eigenvalue weighted by Crippen LogP contribution is -2.29. The molecule has 0 atom stereocenters. The summed E-state index contributed by atoms with van der Waals surface area (Å²) in [6.07, 6.45) is 9.55. The summed E-state index contributed by atoms with van der Waals surface area (Å²) in [5, 5.41) is 3.28. The van der Waals surface area contributed by atoms with Crippen LogP contribution in [-0.4, -0.2) is 40.9 Å². The van der Waals surface area contributed by atoms with Crippen molar-refractivity contribution < 1.29 is 4.79 Å². The lowest BCUT2D eigenvalue weighted by Gasteiger charge is -2.17. The number of carbonyl (C=O) groups is 1. The molecule has 2 rings (SSSR count). The van der Waals surface area contributed by atoms with Crippen molar-refractivity contribution in [1.82, 2.24) is 14.9 Å². The van der Waals surface area contributed by atoms with E-state index in [4.69, 9.17) is 0 Å². The highest BCUT2D eigenvalue weighted by atomic mass is 16.2.